The molecule has 0 radical (unpaired) electrons. The van der Waals surface area contributed by atoms with Crippen molar-refractivity contribution >= 4 is 5.91 Å². The molecule has 0 bridgehead atoms. The van der Waals surface area contributed by atoms with Gasteiger partial charge in [0.25, 0.3) is 0 Å². The van der Waals surface area contributed by atoms with Crippen LogP contribution in [0, 0.1) is 5.41 Å². The van der Waals surface area contributed by atoms with Crippen LogP contribution in [0.3, 0.4) is 0 Å². The molecule has 2 atom stereocenters. The molecule has 1 fully saturated rings. The number of carbonyl (C=O) groups excluding carboxylic acids is 1. The van der Waals surface area contributed by atoms with Gasteiger partial charge < -0.3 is 10.6 Å². The number of piperidine rings is 1. The number of nitrogens with one attached hydrogen (secondary N) is 2. The summed E-state index contributed by atoms with van der Waals surface area (Å²) < 4.78 is 0. The number of carbonyl (C=O) groups is 1. The highest BCUT2D eigenvalue weighted by molar-refractivity contribution is 5.83. The van der Waals surface area contributed by atoms with Gasteiger partial charge in [0.2, 0.25) is 5.91 Å². The first-order valence-electron chi connectivity index (χ1n) is 6.66. The molecule has 16 heavy (non-hydrogen) atoms. The van der Waals surface area contributed by atoms with Gasteiger partial charge in [0.1, 0.15) is 0 Å². The van der Waals surface area contributed by atoms with E-state index in [1.54, 1.807) is 0 Å². The van der Waals surface area contributed by atoms with Crippen molar-refractivity contribution < 1.29 is 4.79 Å². The van der Waals surface area contributed by atoms with Crippen molar-refractivity contribution in [3.63, 3.8) is 0 Å². The normalized spacial score (nSPS) is 27.4. The third-order valence-corrected chi connectivity index (χ3v) is 3.73. The molecule has 1 rings (SSSR count). The molecule has 3 heteroatoms. The highest BCUT2D eigenvalue weighted by Gasteiger charge is 2.37. The molecule has 1 aliphatic rings. The summed E-state index contributed by atoms with van der Waals surface area (Å²) in [6.45, 7) is 8.27. The number of amides is 1. The van der Waals surface area contributed by atoms with Gasteiger partial charge in [0.15, 0.2) is 0 Å². The minimum Gasteiger partial charge on any atom is -0.353 e. The van der Waals surface area contributed by atoms with Gasteiger partial charge in [-0.1, -0.05) is 20.3 Å². The molecule has 2 N–H and O–H groups in total. The smallest absolute Gasteiger partial charge is 0.227 e. The molecule has 0 aliphatic carbocycles. The van der Waals surface area contributed by atoms with Gasteiger partial charge in [0, 0.05) is 12.6 Å². The van der Waals surface area contributed by atoms with E-state index < -0.39 is 0 Å². The molecule has 1 heterocycles. The van der Waals surface area contributed by atoms with E-state index >= 15 is 0 Å². The molecule has 0 saturated carbocycles. The van der Waals surface area contributed by atoms with Gasteiger partial charge in [-0.05, 0) is 39.2 Å². The quantitative estimate of drug-likeness (QED) is 0.753. The van der Waals surface area contributed by atoms with Crippen molar-refractivity contribution in [2.24, 2.45) is 5.41 Å². The molecule has 2 unspecified atom stereocenters. The fraction of sp³-hybridized carbons (Fsp3) is 0.923. The van der Waals surface area contributed by atoms with Gasteiger partial charge in [-0.15, -0.1) is 0 Å². The number of rotatable bonds is 5. The SMILES string of the molecule is CCCC(C)NC(=O)C1(CC)CCCNC1. The van der Waals surface area contributed by atoms with Crippen LogP contribution in [-0.4, -0.2) is 25.0 Å². The second-order valence-electron chi connectivity index (χ2n) is 5.08. The van der Waals surface area contributed by atoms with E-state index in [4.69, 9.17) is 0 Å². The third-order valence-electron chi connectivity index (χ3n) is 3.73. The van der Waals surface area contributed by atoms with E-state index in [1.165, 1.54) is 0 Å². The summed E-state index contributed by atoms with van der Waals surface area (Å²) >= 11 is 0. The second-order valence-corrected chi connectivity index (χ2v) is 5.08. The Bertz CT molecular complexity index is 222. The summed E-state index contributed by atoms with van der Waals surface area (Å²) in [6.07, 6.45) is 5.27. The minimum atomic E-state index is -0.153. The summed E-state index contributed by atoms with van der Waals surface area (Å²) in [6, 6.07) is 0.308. The Balaban J connectivity index is 2.54. The zero-order valence-corrected chi connectivity index (χ0v) is 10.9. The predicted octanol–water partition coefficient (Wildman–Crippen LogP) is 2.07. The highest BCUT2D eigenvalue weighted by atomic mass is 16.2. The minimum absolute atomic E-state index is 0.153. The van der Waals surface area contributed by atoms with Crippen LogP contribution in [0.15, 0.2) is 0 Å². The average Bonchev–Trinajstić information content (AvgIpc) is 2.30. The fourth-order valence-corrected chi connectivity index (χ4v) is 2.51. The van der Waals surface area contributed by atoms with E-state index in [-0.39, 0.29) is 11.3 Å². The lowest BCUT2D eigenvalue weighted by Gasteiger charge is -2.36. The molecule has 0 aromatic carbocycles. The Kier molecular flexibility index (Phi) is 5.26. The standard InChI is InChI=1S/C13H26N2O/c1-4-7-11(3)15-12(16)13(5-2)8-6-9-14-10-13/h11,14H,4-10H2,1-3H3,(H,15,16). The second kappa shape index (κ2) is 6.24. The van der Waals surface area contributed by atoms with E-state index in [0.717, 1.165) is 45.2 Å². The van der Waals surface area contributed by atoms with E-state index in [0.29, 0.717) is 6.04 Å². The topological polar surface area (TPSA) is 41.1 Å². The summed E-state index contributed by atoms with van der Waals surface area (Å²) in [4.78, 5) is 12.3. The molecule has 1 amide bonds. The van der Waals surface area contributed by atoms with Crippen molar-refractivity contribution in [2.75, 3.05) is 13.1 Å². The summed E-state index contributed by atoms with van der Waals surface area (Å²) in [5.74, 6) is 0.253. The molecule has 1 aliphatic heterocycles. The zero-order valence-electron chi connectivity index (χ0n) is 10.9. The lowest BCUT2D eigenvalue weighted by Crippen LogP contribution is -2.52. The zero-order chi connectivity index (χ0) is 12.0. The van der Waals surface area contributed by atoms with Crippen LogP contribution in [-0.2, 0) is 4.79 Å². The van der Waals surface area contributed by atoms with Crippen LogP contribution in [0.1, 0.15) is 52.9 Å². The van der Waals surface area contributed by atoms with Crippen molar-refractivity contribution in [3.05, 3.63) is 0 Å². The van der Waals surface area contributed by atoms with E-state index in [2.05, 4.69) is 31.4 Å². The lowest BCUT2D eigenvalue weighted by atomic mass is 9.77. The number of hydrogen-bond donors (Lipinski definition) is 2. The molecule has 0 spiro atoms. The van der Waals surface area contributed by atoms with Crippen LogP contribution < -0.4 is 10.6 Å². The molecule has 1 saturated heterocycles. The highest BCUT2D eigenvalue weighted by Crippen LogP contribution is 2.30. The van der Waals surface area contributed by atoms with Crippen molar-refractivity contribution in [1.82, 2.24) is 10.6 Å². The summed E-state index contributed by atoms with van der Waals surface area (Å²) in [7, 11) is 0. The van der Waals surface area contributed by atoms with Crippen LogP contribution in [0.4, 0.5) is 0 Å². The van der Waals surface area contributed by atoms with Crippen molar-refractivity contribution in [3.8, 4) is 0 Å². The van der Waals surface area contributed by atoms with E-state index in [9.17, 15) is 4.79 Å². The van der Waals surface area contributed by atoms with Gasteiger partial charge in [0.05, 0.1) is 5.41 Å². The monoisotopic (exact) mass is 226 g/mol. The maximum Gasteiger partial charge on any atom is 0.227 e. The Morgan fingerprint density at radius 3 is 2.75 bits per heavy atom. The molecule has 3 nitrogen and oxygen atoms in total. The van der Waals surface area contributed by atoms with Gasteiger partial charge in [-0.25, -0.2) is 0 Å². The predicted molar refractivity (Wildman–Crippen MR) is 67.3 cm³/mol. The first-order chi connectivity index (χ1) is 7.64. The summed E-state index contributed by atoms with van der Waals surface area (Å²) in [5, 5.41) is 6.52. The van der Waals surface area contributed by atoms with Gasteiger partial charge in [-0.2, -0.15) is 0 Å². The molecular weight excluding hydrogens is 200 g/mol. The fourth-order valence-electron chi connectivity index (χ4n) is 2.51. The lowest BCUT2D eigenvalue weighted by molar-refractivity contribution is -0.133. The molecular formula is C13H26N2O. The Morgan fingerprint density at radius 2 is 2.25 bits per heavy atom. The maximum atomic E-state index is 12.3. The molecule has 0 aromatic rings. The largest absolute Gasteiger partial charge is 0.353 e. The van der Waals surface area contributed by atoms with Crippen LogP contribution >= 0.6 is 0 Å². The van der Waals surface area contributed by atoms with Crippen LogP contribution in [0.2, 0.25) is 0 Å². The average molecular weight is 226 g/mol. The van der Waals surface area contributed by atoms with E-state index in [1.807, 2.05) is 0 Å². The Morgan fingerprint density at radius 1 is 1.50 bits per heavy atom. The van der Waals surface area contributed by atoms with Crippen molar-refractivity contribution in [1.29, 1.82) is 0 Å². The molecule has 94 valence electrons. The van der Waals surface area contributed by atoms with Gasteiger partial charge >= 0.3 is 0 Å². The van der Waals surface area contributed by atoms with Crippen LogP contribution in [0.25, 0.3) is 0 Å². The first-order valence-corrected chi connectivity index (χ1v) is 6.66. The number of hydrogen-bond acceptors (Lipinski definition) is 2. The Labute approximate surface area is 99.4 Å². The molecule has 0 aromatic heterocycles. The first kappa shape index (κ1) is 13.5. The Hall–Kier alpha value is -0.570. The van der Waals surface area contributed by atoms with Crippen molar-refractivity contribution in [2.45, 2.75) is 58.9 Å². The van der Waals surface area contributed by atoms with Gasteiger partial charge in [-0.3, -0.25) is 4.79 Å². The third kappa shape index (κ3) is 3.21. The maximum absolute atomic E-state index is 12.3. The van der Waals surface area contributed by atoms with Crippen LogP contribution in [0.5, 0.6) is 0 Å². The summed E-state index contributed by atoms with van der Waals surface area (Å²) in [5.41, 5.74) is -0.153.